The van der Waals surface area contributed by atoms with Crippen molar-refractivity contribution in [3.63, 3.8) is 0 Å². The molecule has 1 N–H and O–H groups in total. The van der Waals surface area contributed by atoms with Crippen molar-refractivity contribution in [2.75, 3.05) is 0 Å². The van der Waals surface area contributed by atoms with Gasteiger partial charge in [-0.2, -0.15) is 8.42 Å². The van der Waals surface area contributed by atoms with Crippen LogP contribution in [0, 0.1) is 53.3 Å². The van der Waals surface area contributed by atoms with Crippen molar-refractivity contribution in [1.29, 1.82) is 0 Å². The largest absolute Gasteiger partial charge is 0.294 e. The molecule has 212 valence electrons. The molecule has 0 saturated heterocycles. The van der Waals surface area contributed by atoms with Gasteiger partial charge >= 0.3 is 0 Å². The lowest BCUT2D eigenvalue weighted by Crippen LogP contribution is -2.50. The minimum absolute atomic E-state index is 0.110. The van der Waals surface area contributed by atoms with Crippen molar-refractivity contribution in [3.8, 4) is 0 Å². The van der Waals surface area contributed by atoms with Crippen LogP contribution in [0.2, 0.25) is 0 Å². The summed E-state index contributed by atoms with van der Waals surface area (Å²) in [7, 11) is -4.22. The summed E-state index contributed by atoms with van der Waals surface area (Å²) in [4.78, 5) is 0.110. The molecule has 0 aliphatic heterocycles. The molecule has 38 heavy (non-hydrogen) atoms. The SMILES string of the molecule is Cc1ccc(S(=O)(=O)O)c([C@H]2CC[C@@]3(C)C(=CC[C@H]4[C@@H]5CC[C@H]([C@H](C)CCCC(C)C)[C@@]5(C)CC[C@@H]43)C2)c1. The van der Waals surface area contributed by atoms with Crippen LogP contribution in [-0.2, 0) is 10.1 Å². The van der Waals surface area contributed by atoms with Crippen molar-refractivity contribution in [1.82, 2.24) is 0 Å². The van der Waals surface area contributed by atoms with E-state index < -0.39 is 10.1 Å². The zero-order chi connectivity index (χ0) is 27.5. The van der Waals surface area contributed by atoms with E-state index >= 15 is 0 Å². The maximum absolute atomic E-state index is 12.2. The fourth-order valence-electron chi connectivity index (χ4n) is 10.2. The van der Waals surface area contributed by atoms with Crippen LogP contribution in [0.15, 0.2) is 34.7 Å². The maximum Gasteiger partial charge on any atom is 0.294 e. The monoisotopic (exact) mass is 540 g/mol. The van der Waals surface area contributed by atoms with E-state index in [0.29, 0.717) is 5.41 Å². The molecule has 4 heteroatoms. The first kappa shape index (κ1) is 28.4. The fraction of sp³-hybridized carbons (Fsp3) is 0.765. The molecule has 4 aliphatic carbocycles. The molecule has 0 bridgehead atoms. The lowest BCUT2D eigenvalue weighted by Gasteiger charge is -2.58. The van der Waals surface area contributed by atoms with Crippen LogP contribution in [0.4, 0.5) is 0 Å². The molecule has 0 amide bonds. The van der Waals surface area contributed by atoms with Gasteiger partial charge in [-0.25, -0.2) is 0 Å². The molecule has 0 spiro atoms. The van der Waals surface area contributed by atoms with E-state index in [0.717, 1.165) is 65.9 Å². The summed E-state index contributed by atoms with van der Waals surface area (Å²) in [5, 5.41) is 0. The van der Waals surface area contributed by atoms with Crippen LogP contribution in [-0.4, -0.2) is 13.0 Å². The first-order valence-corrected chi connectivity index (χ1v) is 17.1. The lowest BCUT2D eigenvalue weighted by molar-refractivity contribution is -0.0510. The molecule has 3 fully saturated rings. The van der Waals surface area contributed by atoms with Gasteiger partial charge in [0.15, 0.2) is 0 Å². The van der Waals surface area contributed by atoms with E-state index in [-0.39, 0.29) is 16.2 Å². The Kier molecular flexibility index (Phi) is 7.75. The first-order chi connectivity index (χ1) is 17.8. The number of hydrogen-bond donors (Lipinski definition) is 1. The molecule has 5 rings (SSSR count). The van der Waals surface area contributed by atoms with Gasteiger partial charge in [-0.3, -0.25) is 4.55 Å². The molecule has 3 saturated carbocycles. The average Bonchev–Trinajstić information content (AvgIpc) is 3.19. The van der Waals surface area contributed by atoms with Crippen LogP contribution >= 0.6 is 0 Å². The van der Waals surface area contributed by atoms with Gasteiger partial charge in [0.25, 0.3) is 10.1 Å². The predicted molar refractivity (Wildman–Crippen MR) is 157 cm³/mol. The van der Waals surface area contributed by atoms with Crippen molar-refractivity contribution in [3.05, 3.63) is 41.0 Å². The lowest BCUT2D eigenvalue weighted by atomic mass is 9.46. The Morgan fingerprint density at radius 1 is 1.00 bits per heavy atom. The van der Waals surface area contributed by atoms with Crippen LogP contribution in [0.5, 0.6) is 0 Å². The fourth-order valence-corrected chi connectivity index (χ4v) is 10.9. The number of rotatable bonds is 7. The Morgan fingerprint density at radius 2 is 1.76 bits per heavy atom. The quantitative estimate of drug-likeness (QED) is 0.277. The highest BCUT2D eigenvalue weighted by Crippen LogP contribution is 2.68. The Labute approximate surface area is 233 Å². The molecule has 0 aromatic heterocycles. The van der Waals surface area contributed by atoms with Crippen molar-refractivity contribution in [2.24, 2.45) is 46.3 Å². The molecule has 0 radical (unpaired) electrons. The zero-order valence-electron chi connectivity index (χ0n) is 24.8. The Balaban J connectivity index is 1.35. The van der Waals surface area contributed by atoms with Gasteiger partial charge < -0.3 is 0 Å². The molecule has 3 nitrogen and oxygen atoms in total. The third-order valence-corrected chi connectivity index (χ3v) is 13.1. The average molecular weight is 541 g/mol. The number of allylic oxidation sites excluding steroid dienone is 2. The summed E-state index contributed by atoms with van der Waals surface area (Å²) in [5.41, 5.74) is 4.18. The Hall–Kier alpha value is -1.13. The van der Waals surface area contributed by atoms with Gasteiger partial charge in [0.1, 0.15) is 0 Å². The highest BCUT2D eigenvalue weighted by atomic mass is 32.2. The van der Waals surface area contributed by atoms with E-state index in [1.54, 1.807) is 17.7 Å². The summed E-state index contributed by atoms with van der Waals surface area (Å²) in [6, 6.07) is 5.39. The van der Waals surface area contributed by atoms with E-state index in [1.807, 2.05) is 13.0 Å². The predicted octanol–water partition coefficient (Wildman–Crippen LogP) is 9.37. The summed E-state index contributed by atoms with van der Waals surface area (Å²) >= 11 is 0. The van der Waals surface area contributed by atoms with Crippen molar-refractivity contribution >= 4 is 10.1 Å². The molecule has 1 aromatic rings. The minimum Gasteiger partial charge on any atom is -0.282 e. The highest BCUT2D eigenvalue weighted by Gasteiger charge is 2.59. The van der Waals surface area contributed by atoms with E-state index in [1.165, 1.54) is 51.4 Å². The minimum atomic E-state index is -4.22. The summed E-state index contributed by atoms with van der Waals surface area (Å²) in [6.07, 6.45) is 16.6. The molecular weight excluding hydrogens is 488 g/mol. The number of benzene rings is 1. The second-order valence-electron chi connectivity index (χ2n) is 14.7. The van der Waals surface area contributed by atoms with E-state index in [9.17, 15) is 13.0 Å². The zero-order valence-corrected chi connectivity index (χ0v) is 25.6. The van der Waals surface area contributed by atoms with Gasteiger partial charge in [0, 0.05) is 0 Å². The van der Waals surface area contributed by atoms with Crippen molar-refractivity contribution < 1.29 is 13.0 Å². The molecular formula is C34H52O3S. The van der Waals surface area contributed by atoms with Gasteiger partial charge in [-0.1, -0.05) is 83.2 Å². The topological polar surface area (TPSA) is 54.4 Å². The second-order valence-corrected chi connectivity index (χ2v) is 16.1. The normalized spacial score (nSPS) is 37.8. The third kappa shape index (κ3) is 4.95. The molecule has 4 aliphatic rings. The van der Waals surface area contributed by atoms with Crippen LogP contribution in [0.25, 0.3) is 0 Å². The van der Waals surface area contributed by atoms with Gasteiger partial charge in [-0.15, -0.1) is 0 Å². The number of aryl methyl sites for hydroxylation is 1. The summed E-state index contributed by atoms with van der Waals surface area (Å²) in [6.45, 7) is 14.5. The molecule has 8 atom stereocenters. The number of fused-ring (bicyclic) bond motifs is 5. The van der Waals surface area contributed by atoms with Crippen LogP contribution < -0.4 is 0 Å². The Bertz CT molecular complexity index is 1170. The summed E-state index contributed by atoms with van der Waals surface area (Å²) < 4.78 is 34.3. The van der Waals surface area contributed by atoms with Gasteiger partial charge in [-0.05, 0) is 122 Å². The highest BCUT2D eigenvalue weighted by molar-refractivity contribution is 7.85. The Morgan fingerprint density at radius 3 is 2.47 bits per heavy atom. The van der Waals surface area contributed by atoms with Crippen LogP contribution in [0.1, 0.15) is 122 Å². The van der Waals surface area contributed by atoms with Crippen molar-refractivity contribution in [2.45, 2.75) is 123 Å². The number of hydrogen-bond acceptors (Lipinski definition) is 2. The van der Waals surface area contributed by atoms with Crippen LogP contribution in [0.3, 0.4) is 0 Å². The summed E-state index contributed by atoms with van der Waals surface area (Å²) in [5.74, 6) is 5.12. The van der Waals surface area contributed by atoms with E-state index in [4.69, 9.17) is 0 Å². The smallest absolute Gasteiger partial charge is 0.282 e. The van der Waals surface area contributed by atoms with E-state index in [2.05, 4.69) is 40.7 Å². The van der Waals surface area contributed by atoms with Gasteiger partial charge in [0.2, 0.25) is 0 Å². The maximum atomic E-state index is 12.2. The standard InChI is InChI=1S/C34H52O3S/c1-22(2)8-7-9-24(4)29-13-14-30-27-12-11-26-21-25(28-20-23(3)10-15-32(28)38(35,36)37)16-18-33(26,5)31(27)17-19-34(29,30)6/h10-11,15,20,22,24-25,27,29-31H,7-9,12-14,16-19,21H2,1-6H3,(H,35,36,37)/t24-,25+,27+,29-,30+,31+,33+,34-/m1/s1. The molecule has 0 heterocycles. The molecule has 1 aromatic carbocycles. The second kappa shape index (κ2) is 10.4. The first-order valence-electron chi connectivity index (χ1n) is 15.6. The molecule has 0 unspecified atom stereocenters. The van der Waals surface area contributed by atoms with Gasteiger partial charge in [0.05, 0.1) is 4.90 Å². The third-order valence-electron chi connectivity index (χ3n) is 12.2.